The Labute approximate surface area is 180 Å². The highest BCUT2D eigenvalue weighted by atomic mass is 32.2. The van der Waals surface area contributed by atoms with Crippen molar-refractivity contribution in [2.75, 3.05) is 31.6 Å². The molecule has 2 aromatic carbocycles. The smallest absolute Gasteiger partial charge is 0.227 e. The molecule has 1 unspecified atom stereocenters. The third-order valence-corrected chi connectivity index (χ3v) is 5.11. The van der Waals surface area contributed by atoms with E-state index in [1.807, 2.05) is 18.4 Å². The number of rotatable bonds is 2. The van der Waals surface area contributed by atoms with Crippen molar-refractivity contribution in [2.24, 2.45) is 0 Å². The van der Waals surface area contributed by atoms with Gasteiger partial charge in [0.25, 0.3) is 0 Å². The number of nitrogens with zero attached hydrogens (tertiary/aromatic N) is 2. The van der Waals surface area contributed by atoms with E-state index in [2.05, 4.69) is 15.3 Å². The molecule has 4 rings (SSSR count). The van der Waals surface area contributed by atoms with Gasteiger partial charge < -0.3 is 19.5 Å². The van der Waals surface area contributed by atoms with Crippen LogP contribution in [0.15, 0.2) is 42.6 Å². The molecular weight excluding hydrogens is 426 g/mol. The average Bonchev–Trinajstić information content (AvgIpc) is 2.71. The molecule has 1 atom stereocenters. The maximum absolute atomic E-state index is 14.6. The molecule has 0 radical (unpaired) electrons. The fourth-order valence-corrected chi connectivity index (χ4v) is 3.76. The summed E-state index contributed by atoms with van der Waals surface area (Å²) < 4.78 is 52.9. The molecule has 0 fully saturated rings. The van der Waals surface area contributed by atoms with Crippen LogP contribution in [0.3, 0.4) is 0 Å². The van der Waals surface area contributed by atoms with Crippen LogP contribution in [0.25, 0.3) is 11.3 Å². The summed E-state index contributed by atoms with van der Waals surface area (Å²) in [6, 6.07) is 9.27. The second-order valence-corrected chi connectivity index (χ2v) is 8.38. The van der Waals surface area contributed by atoms with E-state index in [0.29, 0.717) is 17.2 Å². The summed E-state index contributed by atoms with van der Waals surface area (Å²) in [4.78, 5) is 8.30. The number of aromatic nitrogens is 2. The predicted molar refractivity (Wildman–Crippen MR) is 114 cm³/mol. The largest absolute Gasteiger partial charge is 0.491 e. The van der Waals surface area contributed by atoms with Gasteiger partial charge in [-0.25, -0.2) is 18.7 Å². The van der Waals surface area contributed by atoms with Gasteiger partial charge in [-0.15, -0.1) is 10.7 Å². The summed E-state index contributed by atoms with van der Waals surface area (Å²) >= 11 is 0. The quantitative estimate of drug-likeness (QED) is 0.606. The van der Waals surface area contributed by atoms with E-state index in [4.69, 9.17) is 19.0 Å². The number of ether oxygens (including phenoxy) is 3. The van der Waals surface area contributed by atoms with E-state index < -0.39 is 22.3 Å². The van der Waals surface area contributed by atoms with Crippen LogP contribution in [-0.2, 0) is 21.2 Å². The standard InChI is InChI=1S/C21H20F2N4O3S/c1-31(24)11-13-6-15-9-16(7-13)29-5-4-28-12-30-19-8-14(22)2-3-17(19)20-18(23)10-25-21(26-15)27-20/h2-3,6-10,24H,4-5,11-12H2,1H3,(H,25,26,27). The first kappa shape index (κ1) is 21.1. The van der Waals surface area contributed by atoms with Crippen molar-refractivity contribution in [2.45, 2.75) is 5.75 Å². The lowest BCUT2D eigenvalue weighted by molar-refractivity contribution is 0.00260. The molecule has 31 heavy (non-hydrogen) atoms. The van der Waals surface area contributed by atoms with E-state index in [0.717, 1.165) is 17.8 Å². The minimum Gasteiger partial charge on any atom is -0.491 e. The SMILES string of the molecule is CS(=N)Cc1cc2cc(c1)OCCOCOc1cc(F)ccc1-c1nc(ncc1F)N2. The molecule has 0 saturated carbocycles. The highest BCUT2D eigenvalue weighted by Gasteiger charge is 2.16. The van der Waals surface area contributed by atoms with Crippen LogP contribution in [0.5, 0.6) is 11.5 Å². The third-order valence-electron chi connectivity index (χ3n) is 4.34. The van der Waals surface area contributed by atoms with E-state index in [1.165, 1.54) is 12.1 Å². The summed E-state index contributed by atoms with van der Waals surface area (Å²) in [6.45, 7) is 0.330. The van der Waals surface area contributed by atoms with Gasteiger partial charge in [-0.3, -0.25) is 4.78 Å². The molecule has 162 valence electrons. The summed E-state index contributed by atoms with van der Waals surface area (Å²) in [5.74, 6) is 0.215. The van der Waals surface area contributed by atoms with Crippen LogP contribution < -0.4 is 14.8 Å². The van der Waals surface area contributed by atoms with Gasteiger partial charge >= 0.3 is 0 Å². The fourth-order valence-electron chi connectivity index (χ4n) is 3.09. The number of benzene rings is 2. The molecule has 0 spiro atoms. The van der Waals surface area contributed by atoms with Crippen molar-refractivity contribution in [1.82, 2.24) is 9.97 Å². The molecule has 0 amide bonds. The van der Waals surface area contributed by atoms with Crippen LogP contribution in [0.1, 0.15) is 5.56 Å². The Hall–Kier alpha value is -3.11. The number of anilines is 2. The van der Waals surface area contributed by atoms with Crippen LogP contribution in [0.4, 0.5) is 20.4 Å². The van der Waals surface area contributed by atoms with Crippen molar-refractivity contribution in [3.63, 3.8) is 0 Å². The van der Waals surface area contributed by atoms with Gasteiger partial charge in [-0.1, -0.05) is 0 Å². The molecule has 2 N–H and O–H groups in total. The van der Waals surface area contributed by atoms with Gasteiger partial charge in [0.15, 0.2) is 12.6 Å². The van der Waals surface area contributed by atoms with Gasteiger partial charge in [-0.05, 0) is 36.1 Å². The second-order valence-electron chi connectivity index (χ2n) is 6.82. The minimum atomic E-state index is -0.672. The highest BCUT2D eigenvalue weighted by molar-refractivity contribution is 7.84. The van der Waals surface area contributed by atoms with Gasteiger partial charge in [0.05, 0.1) is 12.8 Å². The van der Waals surface area contributed by atoms with E-state index in [9.17, 15) is 8.78 Å². The second kappa shape index (κ2) is 9.36. The molecule has 1 aromatic heterocycles. The van der Waals surface area contributed by atoms with E-state index in [-0.39, 0.29) is 43.0 Å². The Morgan fingerprint density at radius 3 is 2.84 bits per heavy atom. The topological polar surface area (TPSA) is 89.4 Å². The summed E-state index contributed by atoms with van der Waals surface area (Å²) in [7, 11) is -0.551. The first-order valence-corrected chi connectivity index (χ1v) is 11.2. The highest BCUT2D eigenvalue weighted by Crippen LogP contribution is 2.32. The Bertz CT molecular complexity index is 1130. The lowest BCUT2D eigenvalue weighted by Crippen LogP contribution is -2.11. The van der Waals surface area contributed by atoms with Gasteiger partial charge in [0.2, 0.25) is 5.95 Å². The molecule has 10 heteroatoms. The Morgan fingerprint density at radius 1 is 1.13 bits per heavy atom. The van der Waals surface area contributed by atoms with Crippen molar-refractivity contribution in [3.8, 4) is 22.8 Å². The Balaban J connectivity index is 1.78. The molecule has 1 aliphatic heterocycles. The number of hydrogen-bond donors (Lipinski definition) is 2. The zero-order valence-corrected chi connectivity index (χ0v) is 17.5. The van der Waals surface area contributed by atoms with Gasteiger partial charge in [-0.2, -0.15) is 0 Å². The van der Waals surface area contributed by atoms with Crippen molar-refractivity contribution in [1.29, 1.82) is 4.78 Å². The zero-order chi connectivity index (χ0) is 21.8. The maximum Gasteiger partial charge on any atom is 0.227 e. The van der Waals surface area contributed by atoms with Crippen molar-refractivity contribution < 1.29 is 23.0 Å². The summed E-state index contributed by atoms with van der Waals surface area (Å²) in [5.41, 5.74) is 1.80. The first-order valence-electron chi connectivity index (χ1n) is 9.38. The normalized spacial score (nSPS) is 14.7. The fraction of sp³-hybridized carbons (Fsp3) is 0.238. The first-order chi connectivity index (χ1) is 15.0. The average molecular weight is 446 g/mol. The van der Waals surface area contributed by atoms with Crippen LogP contribution >= 0.6 is 0 Å². The third kappa shape index (κ3) is 5.33. The molecule has 7 nitrogen and oxygen atoms in total. The minimum absolute atomic E-state index is 0.0312. The Kier molecular flexibility index (Phi) is 6.38. The van der Waals surface area contributed by atoms with E-state index in [1.54, 1.807) is 6.07 Å². The monoisotopic (exact) mass is 446 g/mol. The lowest BCUT2D eigenvalue weighted by Gasteiger charge is -2.13. The zero-order valence-electron chi connectivity index (χ0n) is 16.7. The molecule has 2 heterocycles. The molecule has 0 saturated heterocycles. The Morgan fingerprint density at radius 2 is 2.00 bits per heavy atom. The maximum atomic E-state index is 14.6. The van der Waals surface area contributed by atoms with Crippen LogP contribution in [0.2, 0.25) is 0 Å². The summed E-state index contributed by atoms with van der Waals surface area (Å²) in [5, 5.41) is 3.06. The summed E-state index contributed by atoms with van der Waals surface area (Å²) in [6.07, 6.45) is 2.88. The van der Waals surface area contributed by atoms with Crippen LogP contribution in [-0.4, -0.2) is 36.2 Å². The van der Waals surface area contributed by atoms with Gasteiger partial charge in [0, 0.05) is 29.1 Å². The lowest BCUT2D eigenvalue weighted by atomic mass is 10.1. The molecule has 4 bridgehead atoms. The van der Waals surface area contributed by atoms with Crippen molar-refractivity contribution >= 4 is 22.3 Å². The van der Waals surface area contributed by atoms with Gasteiger partial charge in [0.1, 0.15) is 29.6 Å². The number of halogens is 2. The molecular formula is C21H20F2N4O3S. The van der Waals surface area contributed by atoms with Crippen molar-refractivity contribution in [3.05, 3.63) is 59.8 Å². The van der Waals surface area contributed by atoms with E-state index >= 15 is 0 Å². The molecule has 0 aliphatic carbocycles. The molecule has 3 aromatic rings. The number of nitrogens with one attached hydrogen (secondary N) is 2. The van der Waals surface area contributed by atoms with Crippen LogP contribution in [0, 0.1) is 16.4 Å². The number of fused-ring (bicyclic) bond motifs is 6. The predicted octanol–water partition coefficient (Wildman–Crippen LogP) is 4.42. The molecule has 1 aliphatic rings. The number of hydrogen-bond acceptors (Lipinski definition) is 7.